The van der Waals surface area contributed by atoms with Gasteiger partial charge in [-0.2, -0.15) is 0 Å². The van der Waals surface area contributed by atoms with Gasteiger partial charge in [-0.3, -0.25) is 9.78 Å². The molecule has 24 heavy (non-hydrogen) atoms. The predicted molar refractivity (Wildman–Crippen MR) is 93.3 cm³/mol. The van der Waals surface area contributed by atoms with Crippen LogP contribution in [0.5, 0.6) is 0 Å². The van der Waals surface area contributed by atoms with Gasteiger partial charge in [0.15, 0.2) is 0 Å². The van der Waals surface area contributed by atoms with E-state index in [1.165, 1.54) is 0 Å². The van der Waals surface area contributed by atoms with E-state index in [0.29, 0.717) is 18.1 Å². The summed E-state index contributed by atoms with van der Waals surface area (Å²) < 4.78 is 10.9. The maximum Gasteiger partial charge on any atom is 0.248 e. The second-order valence-corrected chi connectivity index (χ2v) is 6.18. The van der Waals surface area contributed by atoms with E-state index < -0.39 is 5.91 Å². The number of rotatable bonds is 5. The summed E-state index contributed by atoms with van der Waals surface area (Å²) in [7, 11) is 3.46. The second-order valence-electron chi connectivity index (χ2n) is 6.18. The molecule has 2 unspecified atom stereocenters. The molecule has 0 spiro atoms. The number of primary amides is 1. The number of methoxy groups -OCH3 is 2. The zero-order chi connectivity index (χ0) is 17.1. The van der Waals surface area contributed by atoms with E-state index in [2.05, 4.69) is 9.88 Å². The van der Waals surface area contributed by atoms with Gasteiger partial charge in [-0.15, -0.1) is 0 Å². The Morgan fingerprint density at radius 1 is 1.38 bits per heavy atom. The average molecular weight is 329 g/mol. The van der Waals surface area contributed by atoms with Crippen molar-refractivity contribution in [1.29, 1.82) is 0 Å². The molecule has 1 aliphatic rings. The quantitative estimate of drug-likeness (QED) is 0.905. The Hall–Kier alpha value is -2.18. The minimum Gasteiger partial charge on any atom is -0.384 e. The van der Waals surface area contributed by atoms with Crippen LogP contribution in [-0.2, 0) is 9.47 Å². The van der Waals surface area contributed by atoms with Gasteiger partial charge in [0, 0.05) is 55.8 Å². The van der Waals surface area contributed by atoms with E-state index in [4.69, 9.17) is 15.2 Å². The number of fused-ring (bicyclic) bond motifs is 1. The van der Waals surface area contributed by atoms with Crippen LogP contribution in [0.1, 0.15) is 16.8 Å². The molecule has 1 amide bonds. The largest absolute Gasteiger partial charge is 0.384 e. The first kappa shape index (κ1) is 16.7. The summed E-state index contributed by atoms with van der Waals surface area (Å²) in [6.07, 6.45) is 4.78. The molecule has 128 valence electrons. The summed E-state index contributed by atoms with van der Waals surface area (Å²) in [4.78, 5) is 18.2. The Morgan fingerprint density at radius 2 is 2.21 bits per heavy atom. The lowest BCUT2D eigenvalue weighted by Crippen LogP contribution is -2.45. The van der Waals surface area contributed by atoms with Crippen LogP contribution >= 0.6 is 0 Å². The van der Waals surface area contributed by atoms with E-state index >= 15 is 0 Å². The fourth-order valence-corrected chi connectivity index (χ4v) is 3.47. The molecule has 2 N–H and O–H groups in total. The van der Waals surface area contributed by atoms with Crippen LogP contribution in [0.15, 0.2) is 30.6 Å². The molecule has 6 nitrogen and oxygen atoms in total. The summed E-state index contributed by atoms with van der Waals surface area (Å²) in [6.45, 7) is 2.36. The lowest BCUT2D eigenvalue weighted by Gasteiger charge is -2.39. The van der Waals surface area contributed by atoms with Crippen LogP contribution < -0.4 is 10.6 Å². The molecule has 0 aliphatic carbocycles. The van der Waals surface area contributed by atoms with Gasteiger partial charge in [-0.25, -0.2) is 0 Å². The molecule has 0 radical (unpaired) electrons. The average Bonchev–Trinajstić information content (AvgIpc) is 2.61. The molecule has 2 atom stereocenters. The molecule has 2 aromatic rings. The van der Waals surface area contributed by atoms with Crippen molar-refractivity contribution < 1.29 is 14.3 Å². The van der Waals surface area contributed by atoms with Gasteiger partial charge in [0.2, 0.25) is 5.91 Å². The molecule has 1 aromatic heterocycles. The van der Waals surface area contributed by atoms with Crippen molar-refractivity contribution in [2.45, 2.75) is 12.5 Å². The van der Waals surface area contributed by atoms with Gasteiger partial charge < -0.3 is 20.1 Å². The Bertz CT molecular complexity index is 735. The number of nitrogens with two attached hydrogens (primary N) is 1. The zero-order valence-corrected chi connectivity index (χ0v) is 14.1. The number of aromatic nitrogens is 1. The second kappa shape index (κ2) is 7.15. The van der Waals surface area contributed by atoms with Crippen LogP contribution in [-0.4, -0.2) is 50.9 Å². The minimum absolute atomic E-state index is 0.199. The first-order valence-corrected chi connectivity index (χ1v) is 8.08. The van der Waals surface area contributed by atoms with Crippen LogP contribution in [0.4, 0.5) is 5.69 Å². The third-order valence-electron chi connectivity index (χ3n) is 4.71. The van der Waals surface area contributed by atoms with Crippen LogP contribution in [0.25, 0.3) is 10.8 Å². The van der Waals surface area contributed by atoms with Crippen molar-refractivity contribution in [2.24, 2.45) is 11.7 Å². The maximum absolute atomic E-state index is 11.5. The maximum atomic E-state index is 11.5. The Labute approximate surface area is 141 Å². The summed E-state index contributed by atoms with van der Waals surface area (Å²) in [6, 6.07) is 5.48. The molecule has 0 bridgehead atoms. The van der Waals surface area contributed by atoms with Gasteiger partial charge in [0.05, 0.1) is 24.6 Å². The van der Waals surface area contributed by atoms with E-state index in [9.17, 15) is 4.79 Å². The summed E-state index contributed by atoms with van der Waals surface area (Å²) in [5.74, 6) is -0.127. The Balaban J connectivity index is 1.96. The first-order chi connectivity index (χ1) is 11.6. The Morgan fingerprint density at radius 3 is 2.92 bits per heavy atom. The summed E-state index contributed by atoms with van der Waals surface area (Å²) in [5.41, 5.74) is 6.96. The number of ether oxygens (including phenoxy) is 2. The van der Waals surface area contributed by atoms with Crippen LogP contribution in [0.2, 0.25) is 0 Å². The fraction of sp³-hybridized carbons (Fsp3) is 0.444. The van der Waals surface area contributed by atoms with Crippen molar-refractivity contribution in [3.63, 3.8) is 0 Å². The molecule has 1 fully saturated rings. The topological polar surface area (TPSA) is 77.7 Å². The highest BCUT2D eigenvalue weighted by molar-refractivity contribution is 6.01. The van der Waals surface area contributed by atoms with Crippen molar-refractivity contribution >= 4 is 22.4 Å². The molecule has 3 rings (SSSR count). The number of benzene rings is 1. The highest BCUT2D eigenvalue weighted by Gasteiger charge is 2.30. The minimum atomic E-state index is -0.421. The van der Waals surface area contributed by atoms with E-state index in [-0.39, 0.29) is 6.10 Å². The number of anilines is 1. The number of nitrogens with zero attached hydrogens (tertiary/aromatic N) is 2. The van der Waals surface area contributed by atoms with Crippen molar-refractivity contribution in [1.82, 2.24) is 4.98 Å². The molecule has 0 saturated carbocycles. The number of hydrogen-bond acceptors (Lipinski definition) is 5. The lowest BCUT2D eigenvalue weighted by atomic mass is 9.94. The van der Waals surface area contributed by atoms with E-state index in [1.807, 2.05) is 18.3 Å². The molecular formula is C18H23N3O3. The fourth-order valence-electron chi connectivity index (χ4n) is 3.47. The number of hydrogen-bond donors (Lipinski definition) is 1. The number of amides is 1. The first-order valence-electron chi connectivity index (χ1n) is 8.08. The lowest BCUT2D eigenvalue weighted by molar-refractivity contribution is 0.00347. The number of carbonyl (C=O) groups excluding carboxylic acids is 1. The standard InChI is InChI=1S/C18H23N3O3/c1-23-11-14-10-21(6-5-17(14)24-2)16-9-20-8-13-4-3-12(18(19)22)7-15(13)16/h3-4,7-9,14,17H,5-6,10-11H2,1-2H3,(H2,19,22). The van der Waals surface area contributed by atoms with Crippen molar-refractivity contribution in [2.75, 3.05) is 38.8 Å². The molecular weight excluding hydrogens is 306 g/mol. The SMILES string of the molecule is COCC1CN(c2cncc3ccc(C(N)=O)cc23)CCC1OC. The highest BCUT2D eigenvalue weighted by Crippen LogP contribution is 2.31. The molecule has 1 aliphatic heterocycles. The molecule has 6 heteroatoms. The Kier molecular flexibility index (Phi) is 4.97. The number of pyridine rings is 1. The van der Waals surface area contributed by atoms with Crippen LogP contribution in [0.3, 0.4) is 0 Å². The summed E-state index contributed by atoms with van der Waals surface area (Å²) in [5, 5.41) is 1.99. The predicted octanol–water partition coefficient (Wildman–Crippen LogP) is 1.82. The molecule has 1 aromatic carbocycles. The molecule has 1 saturated heterocycles. The smallest absolute Gasteiger partial charge is 0.248 e. The van der Waals surface area contributed by atoms with Gasteiger partial charge in [-0.05, 0) is 18.6 Å². The normalized spacial score (nSPS) is 21.2. The van der Waals surface area contributed by atoms with Crippen molar-refractivity contribution in [3.05, 3.63) is 36.2 Å². The number of carbonyl (C=O) groups is 1. The third-order valence-corrected chi connectivity index (χ3v) is 4.71. The zero-order valence-electron chi connectivity index (χ0n) is 14.1. The monoisotopic (exact) mass is 329 g/mol. The van der Waals surface area contributed by atoms with Gasteiger partial charge in [0.25, 0.3) is 0 Å². The van der Waals surface area contributed by atoms with Gasteiger partial charge >= 0.3 is 0 Å². The van der Waals surface area contributed by atoms with E-state index in [0.717, 1.165) is 36.0 Å². The van der Waals surface area contributed by atoms with Crippen molar-refractivity contribution in [3.8, 4) is 0 Å². The van der Waals surface area contributed by atoms with Crippen LogP contribution in [0, 0.1) is 5.92 Å². The van der Waals surface area contributed by atoms with Gasteiger partial charge in [0.1, 0.15) is 0 Å². The summed E-state index contributed by atoms with van der Waals surface area (Å²) >= 11 is 0. The number of piperidine rings is 1. The molecule has 2 heterocycles. The van der Waals surface area contributed by atoms with Gasteiger partial charge in [-0.1, -0.05) is 6.07 Å². The third kappa shape index (κ3) is 3.20. The van der Waals surface area contributed by atoms with E-state index in [1.54, 1.807) is 26.5 Å². The highest BCUT2D eigenvalue weighted by atomic mass is 16.5.